The van der Waals surface area contributed by atoms with Gasteiger partial charge in [0, 0.05) is 6.54 Å². The summed E-state index contributed by atoms with van der Waals surface area (Å²) in [6.07, 6.45) is 4.97. The quantitative estimate of drug-likeness (QED) is 0.564. The van der Waals surface area contributed by atoms with E-state index in [4.69, 9.17) is 11.2 Å². The van der Waals surface area contributed by atoms with Crippen molar-refractivity contribution in [3.8, 4) is 12.3 Å². The average molecular weight is 196 g/mol. The summed E-state index contributed by atoms with van der Waals surface area (Å²) in [4.78, 5) is 23.8. The van der Waals surface area contributed by atoms with Crippen LogP contribution in [0, 0.1) is 12.3 Å². The molecule has 0 atom stereocenters. The van der Waals surface area contributed by atoms with Gasteiger partial charge in [0.15, 0.2) is 0 Å². The largest absolute Gasteiger partial charge is 0.370 e. The summed E-state index contributed by atoms with van der Waals surface area (Å²) >= 11 is 0. The van der Waals surface area contributed by atoms with Crippen LogP contribution in [-0.2, 0) is 14.3 Å². The maximum atomic E-state index is 11.2. The Kier molecular flexibility index (Phi) is 3.95. The fraction of sp³-hybridized carbons (Fsp3) is 0.556. The van der Waals surface area contributed by atoms with E-state index in [2.05, 4.69) is 11.2 Å². The molecule has 0 aromatic heterocycles. The van der Waals surface area contributed by atoms with Crippen molar-refractivity contribution in [1.82, 2.24) is 10.2 Å². The van der Waals surface area contributed by atoms with Crippen LogP contribution in [0.5, 0.6) is 0 Å². The number of nitrogens with one attached hydrogen (secondary N) is 1. The van der Waals surface area contributed by atoms with E-state index >= 15 is 0 Å². The summed E-state index contributed by atoms with van der Waals surface area (Å²) in [5.41, 5.74) is 0. The van der Waals surface area contributed by atoms with Crippen molar-refractivity contribution in [2.24, 2.45) is 0 Å². The molecule has 76 valence electrons. The predicted molar refractivity (Wildman–Crippen MR) is 49.2 cm³/mol. The highest BCUT2D eigenvalue weighted by atomic mass is 16.5. The fourth-order valence-corrected chi connectivity index (χ4v) is 1.10. The molecule has 1 aliphatic heterocycles. The molecule has 0 aromatic carbocycles. The van der Waals surface area contributed by atoms with Gasteiger partial charge in [0.05, 0.1) is 19.7 Å². The lowest BCUT2D eigenvalue weighted by atomic mass is 10.4. The number of rotatable bonds is 3. The zero-order chi connectivity index (χ0) is 10.4. The molecular formula is C9H12N2O3. The minimum atomic E-state index is -0.238. The number of nitrogens with zero attached hydrogens (tertiary/aromatic N) is 1. The minimum Gasteiger partial charge on any atom is -0.370 e. The average Bonchev–Trinajstić information content (AvgIpc) is 2.18. The molecule has 0 radical (unpaired) electrons. The first-order valence-corrected chi connectivity index (χ1v) is 4.29. The molecule has 5 nitrogen and oxygen atoms in total. The second-order valence-electron chi connectivity index (χ2n) is 2.85. The first kappa shape index (κ1) is 10.5. The van der Waals surface area contributed by atoms with Crippen LogP contribution in [0.1, 0.15) is 0 Å². The third-order valence-corrected chi connectivity index (χ3v) is 1.81. The molecule has 0 bridgehead atoms. The van der Waals surface area contributed by atoms with Crippen LogP contribution in [0.2, 0.25) is 0 Å². The molecule has 0 saturated carbocycles. The Hall–Kier alpha value is -1.54. The second kappa shape index (κ2) is 5.25. The van der Waals surface area contributed by atoms with Gasteiger partial charge in [0.2, 0.25) is 11.8 Å². The van der Waals surface area contributed by atoms with Gasteiger partial charge in [-0.1, -0.05) is 5.92 Å². The molecular weight excluding hydrogens is 184 g/mol. The van der Waals surface area contributed by atoms with E-state index < -0.39 is 0 Å². The number of ether oxygens (including phenoxy) is 1. The molecule has 1 aliphatic rings. The van der Waals surface area contributed by atoms with Crippen molar-refractivity contribution in [1.29, 1.82) is 0 Å². The smallest absolute Gasteiger partial charge is 0.249 e. The summed E-state index contributed by atoms with van der Waals surface area (Å²) in [5.74, 6) is 1.89. The molecule has 0 aliphatic carbocycles. The van der Waals surface area contributed by atoms with Gasteiger partial charge in [-0.3, -0.25) is 9.59 Å². The first-order chi connectivity index (χ1) is 6.74. The van der Waals surface area contributed by atoms with Crippen LogP contribution >= 0.6 is 0 Å². The minimum absolute atomic E-state index is 0.0580. The molecule has 0 aromatic rings. The van der Waals surface area contributed by atoms with Crippen molar-refractivity contribution in [2.75, 3.05) is 32.8 Å². The number of hydrogen-bond acceptors (Lipinski definition) is 3. The van der Waals surface area contributed by atoms with E-state index in [0.29, 0.717) is 13.2 Å². The summed E-state index contributed by atoms with van der Waals surface area (Å²) < 4.78 is 4.92. The maximum Gasteiger partial charge on any atom is 0.249 e. The standard InChI is InChI=1S/C9H12N2O3/c1-2-3-10-8(12)6-11-4-5-14-7-9(11)13/h1H,3-7H2,(H,10,12). The lowest BCUT2D eigenvalue weighted by Crippen LogP contribution is -2.46. The van der Waals surface area contributed by atoms with Crippen LogP contribution in [0.3, 0.4) is 0 Å². The lowest BCUT2D eigenvalue weighted by molar-refractivity contribution is -0.145. The molecule has 1 N–H and O–H groups in total. The van der Waals surface area contributed by atoms with E-state index in [-0.39, 0.29) is 31.5 Å². The highest BCUT2D eigenvalue weighted by Gasteiger charge is 2.20. The number of morpholine rings is 1. The monoisotopic (exact) mass is 196 g/mol. The summed E-state index contributed by atoms with van der Waals surface area (Å²) in [6.45, 7) is 1.25. The normalized spacial score (nSPS) is 16.2. The van der Waals surface area contributed by atoms with Crippen LogP contribution in [0.15, 0.2) is 0 Å². The molecule has 2 amide bonds. The van der Waals surface area contributed by atoms with Crippen molar-refractivity contribution >= 4 is 11.8 Å². The summed E-state index contributed by atoms with van der Waals surface area (Å²) in [6, 6.07) is 0. The van der Waals surface area contributed by atoms with Gasteiger partial charge < -0.3 is 15.0 Å². The highest BCUT2D eigenvalue weighted by Crippen LogP contribution is 1.97. The molecule has 14 heavy (non-hydrogen) atoms. The van der Waals surface area contributed by atoms with Gasteiger partial charge in [0.1, 0.15) is 6.61 Å². The van der Waals surface area contributed by atoms with Crippen LogP contribution in [-0.4, -0.2) is 49.6 Å². The van der Waals surface area contributed by atoms with Crippen LogP contribution < -0.4 is 5.32 Å². The van der Waals surface area contributed by atoms with E-state index in [9.17, 15) is 9.59 Å². The molecule has 5 heteroatoms. The topological polar surface area (TPSA) is 58.6 Å². The Morgan fingerprint density at radius 2 is 2.50 bits per heavy atom. The van der Waals surface area contributed by atoms with Crippen molar-refractivity contribution < 1.29 is 14.3 Å². The lowest BCUT2D eigenvalue weighted by Gasteiger charge is -2.25. The fourth-order valence-electron chi connectivity index (χ4n) is 1.10. The van der Waals surface area contributed by atoms with E-state index in [1.165, 1.54) is 4.90 Å². The zero-order valence-corrected chi connectivity index (χ0v) is 7.78. The molecule has 1 saturated heterocycles. The Labute approximate surface area is 82.4 Å². The number of carbonyl (C=O) groups excluding carboxylic acids is 2. The van der Waals surface area contributed by atoms with Gasteiger partial charge in [-0.2, -0.15) is 0 Å². The second-order valence-corrected chi connectivity index (χ2v) is 2.85. The van der Waals surface area contributed by atoms with Gasteiger partial charge in [-0.25, -0.2) is 0 Å². The van der Waals surface area contributed by atoms with Crippen LogP contribution in [0.25, 0.3) is 0 Å². The Bertz CT molecular complexity index is 270. The predicted octanol–water partition coefficient (Wildman–Crippen LogP) is -1.41. The Morgan fingerprint density at radius 3 is 3.14 bits per heavy atom. The zero-order valence-electron chi connectivity index (χ0n) is 7.78. The number of carbonyl (C=O) groups is 2. The molecule has 0 unspecified atom stereocenters. The van der Waals surface area contributed by atoms with E-state index in [0.717, 1.165) is 0 Å². The number of amides is 2. The number of hydrogen-bond donors (Lipinski definition) is 1. The summed E-state index contributed by atoms with van der Waals surface area (Å²) in [7, 11) is 0. The van der Waals surface area contributed by atoms with Gasteiger partial charge in [0.25, 0.3) is 0 Å². The molecule has 0 spiro atoms. The van der Waals surface area contributed by atoms with Gasteiger partial charge >= 0.3 is 0 Å². The molecule has 1 fully saturated rings. The van der Waals surface area contributed by atoms with Gasteiger partial charge in [-0.15, -0.1) is 6.42 Å². The first-order valence-electron chi connectivity index (χ1n) is 4.29. The molecule has 1 rings (SSSR count). The highest BCUT2D eigenvalue weighted by molar-refractivity contribution is 5.85. The Morgan fingerprint density at radius 1 is 1.71 bits per heavy atom. The third kappa shape index (κ3) is 3.07. The SMILES string of the molecule is C#CCNC(=O)CN1CCOCC1=O. The van der Waals surface area contributed by atoms with E-state index in [1.54, 1.807) is 0 Å². The maximum absolute atomic E-state index is 11.2. The van der Waals surface area contributed by atoms with Crippen molar-refractivity contribution in [2.45, 2.75) is 0 Å². The van der Waals surface area contributed by atoms with Crippen LogP contribution in [0.4, 0.5) is 0 Å². The third-order valence-electron chi connectivity index (χ3n) is 1.81. The van der Waals surface area contributed by atoms with Crippen molar-refractivity contribution in [3.05, 3.63) is 0 Å². The number of terminal acetylenes is 1. The van der Waals surface area contributed by atoms with Crippen molar-refractivity contribution in [3.63, 3.8) is 0 Å². The Balaban J connectivity index is 2.31. The summed E-state index contributed by atoms with van der Waals surface area (Å²) in [5, 5.41) is 2.49. The van der Waals surface area contributed by atoms with E-state index in [1.807, 2.05) is 0 Å². The van der Waals surface area contributed by atoms with Gasteiger partial charge in [-0.05, 0) is 0 Å². The molecule has 1 heterocycles.